The van der Waals surface area contributed by atoms with E-state index in [4.69, 9.17) is 9.73 Å². The Hall–Kier alpha value is -3.16. The molecule has 1 aromatic heterocycles. The third kappa shape index (κ3) is 6.67. The Morgan fingerprint density at radius 2 is 2.10 bits per heavy atom. The van der Waals surface area contributed by atoms with Gasteiger partial charge in [0, 0.05) is 50.9 Å². The first kappa shape index (κ1) is 22.5. The zero-order valence-electron chi connectivity index (χ0n) is 18.1. The van der Waals surface area contributed by atoms with Gasteiger partial charge >= 0.3 is 0 Å². The van der Waals surface area contributed by atoms with Crippen LogP contribution in [0.5, 0.6) is 11.6 Å². The van der Waals surface area contributed by atoms with Crippen LogP contribution in [-0.4, -0.2) is 48.4 Å². The molecule has 1 aliphatic rings. The van der Waals surface area contributed by atoms with Crippen LogP contribution in [-0.2, 0) is 11.3 Å². The lowest BCUT2D eigenvalue weighted by molar-refractivity contribution is -0.121. The van der Waals surface area contributed by atoms with Gasteiger partial charge in [0.15, 0.2) is 5.96 Å². The van der Waals surface area contributed by atoms with Crippen molar-refractivity contribution in [3.05, 3.63) is 54.0 Å². The number of nitrogens with zero attached hydrogens (tertiary/aromatic N) is 3. The fraction of sp³-hybridized carbons (Fsp3) is 0.435. The minimum Gasteiger partial charge on any atom is -0.439 e. The van der Waals surface area contributed by atoms with Crippen molar-refractivity contribution in [1.29, 1.82) is 0 Å². The fourth-order valence-corrected chi connectivity index (χ4v) is 3.58. The molecule has 0 aliphatic carbocycles. The average Bonchev–Trinajstić information content (AvgIpc) is 2.78. The van der Waals surface area contributed by atoms with Gasteiger partial charge in [-0.25, -0.2) is 14.4 Å². The van der Waals surface area contributed by atoms with Gasteiger partial charge in [-0.1, -0.05) is 12.1 Å². The van der Waals surface area contributed by atoms with E-state index < -0.39 is 0 Å². The van der Waals surface area contributed by atoms with Crippen LogP contribution in [0.25, 0.3) is 0 Å². The molecule has 31 heavy (non-hydrogen) atoms. The molecule has 7 nitrogen and oxygen atoms in total. The number of benzene rings is 1. The maximum Gasteiger partial charge on any atom is 0.224 e. The van der Waals surface area contributed by atoms with Crippen LogP contribution in [0.4, 0.5) is 4.39 Å². The molecule has 0 radical (unpaired) electrons. The van der Waals surface area contributed by atoms with E-state index in [-0.39, 0.29) is 11.7 Å². The van der Waals surface area contributed by atoms with Gasteiger partial charge in [-0.2, -0.15) is 0 Å². The van der Waals surface area contributed by atoms with Gasteiger partial charge < -0.3 is 20.3 Å². The van der Waals surface area contributed by atoms with Gasteiger partial charge in [-0.15, -0.1) is 0 Å². The number of halogens is 1. The average molecular weight is 428 g/mol. The van der Waals surface area contributed by atoms with Crippen molar-refractivity contribution in [2.45, 2.75) is 32.7 Å². The van der Waals surface area contributed by atoms with E-state index in [1.54, 1.807) is 25.4 Å². The molecule has 1 aromatic carbocycles. The van der Waals surface area contributed by atoms with Crippen molar-refractivity contribution >= 4 is 11.9 Å². The Labute approximate surface area is 182 Å². The molecule has 3 rings (SSSR count). The summed E-state index contributed by atoms with van der Waals surface area (Å²) < 4.78 is 19.3. The summed E-state index contributed by atoms with van der Waals surface area (Å²) in [6.45, 7) is 4.90. The normalized spacial score (nSPS) is 14.9. The largest absolute Gasteiger partial charge is 0.439 e. The minimum atomic E-state index is -0.359. The lowest BCUT2D eigenvalue weighted by Gasteiger charge is -2.34. The molecule has 8 heteroatoms. The molecule has 2 aromatic rings. The Morgan fingerprint density at radius 3 is 2.81 bits per heavy atom. The molecule has 1 saturated heterocycles. The molecule has 0 atom stereocenters. The Bertz CT molecular complexity index is 897. The molecule has 1 amide bonds. The lowest BCUT2D eigenvalue weighted by atomic mass is 9.93. The first-order valence-electron chi connectivity index (χ1n) is 10.7. The van der Waals surface area contributed by atoms with Crippen molar-refractivity contribution in [3.63, 3.8) is 0 Å². The highest BCUT2D eigenvalue weighted by Crippen LogP contribution is 2.24. The Morgan fingerprint density at radius 1 is 1.29 bits per heavy atom. The zero-order chi connectivity index (χ0) is 22.1. The Kier molecular flexibility index (Phi) is 8.20. The highest BCUT2D eigenvalue weighted by molar-refractivity contribution is 5.80. The van der Waals surface area contributed by atoms with E-state index in [1.807, 2.05) is 19.1 Å². The monoisotopic (exact) mass is 427 g/mol. The van der Waals surface area contributed by atoms with E-state index >= 15 is 0 Å². The molecular formula is C23H30FN5O2. The molecule has 0 bridgehead atoms. The number of amides is 1. The first-order chi connectivity index (χ1) is 15.1. The van der Waals surface area contributed by atoms with Crippen LogP contribution in [0.1, 0.15) is 31.7 Å². The zero-order valence-corrected chi connectivity index (χ0v) is 18.1. The van der Waals surface area contributed by atoms with Crippen LogP contribution >= 0.6 is 0 Å². The quantitative estimate of drug-likeness (QED) is 0.524. The number of aliphatic imine (C=N–C) groups is 1. The molecule has 1 aliphatic heterocycles. The SMILES string of the molecule is CCNC(=NCc1cccnc1Oc1cccc(F)c1)N1CCC(CC(=O)NC)CC1. The number of carbonyl (C=O) groups is 1. The van der Waals surface area contributed by atoms with Crippen molar-refractivity contribution in [2.24, 2.45) is 10.9 Å². The molecule has 0 spiro atoms. The second-order valence-electron chi connectivity index (χ2n) is 7.51. The number of guanidine groups is 1. The summed E-state index contributed by atoms with van der Waals surface area (Å²) in [6, 6.07) is 9.73. The summed E-state index contributed by atoms with van der Waals surface area (Å²) in [5.74, 6) is 1.79. The summed E-state index contributed by atoms with van der Waals surface area (Å²) in [7, 11) is 1.68. The van der Waals surface area contributed by atoms with Gasteiger partial charge in [0.05, 0.1) is 6.54 Å². The number of carbonyl (C=O) groups excluding carboxylic acids is 1. The fourth-order valence-electron chi connectivity index (χ4n) is 3.58. The molecule has 0 unspecified atom stereocenters. The molecule has 2 N–H and O–H groups in total. The van der Waals surface area contributed by atoms with Gasteiger partial charge in [-0.05, 0) is 43.9 Å². The number of ether oxygens (including phenoxy) is 1. The minimum absolute atomic E-state index is 0.0985. The molecule has 166 valence electrons. The number of aromatic nitrogens is 1. The number of hydrogen-bond acceptors (Lipinski definition) is 4. The predicted octanol–water partition coefficient (Wildman–Crippen LogP) is 3.33. The van der Waals surface area contributed by atoms with Crippen molar-refractivity contribution in [2.75, 3.05) is 26.7 Å². The van der Waals surface area contributed by atoms with Crippen molar-refractivity contribution < 1.29 is 13.9 Å². The van der Waals surface area contributed by atoms with Gasteiger partial charge in [0.2, 0.25) is 11.8 Å². The standard InChI is InChI=1S/C23H30FN5O2/c1-3-26-23(29-12-9-17(10-13-29)14-21(30)25-2)28-16-18-6-5-11-27-22(18)31-20-8-4-7-19(24)15-20/h4-8,11,15,17H,3,9-10,12-14,16H2,1-2H3,(H,25,30)(H,26,28). The van der Waals surface area contributed by atoms with Crippen LogP contribution in [0.3, 0.4) is 0 Å². The van der Waals surface area contributed by atoms with Crippen LogP contribution in [0, 0.1) is 11.7 Å². The number of piperidine rings is 1. The summed E-state index contributed by atoms with van der Waals surface area (Å²) in [5.41, 5.74) is 0.816. The third-order valence-electron chi connectivity index (χ3n) is 5.26. The third-order valence-corrected chi connectivity index (χ3v) is 5.26. The van der Waals surface area contributed by atoms with E-state index in [9.17, 15) is 9.18 Å². The summed E-state index contributed by atoms with van der Waals surface area (Å²) in [5, 5.41) is 6.06. The summed E-state index contributed by atoms with van der Waals surface area (Å²) in [6.07, 6.45) is 4.14. The summed E-state index contributed by atoms with van der Waals surface area (Å²) >= 11 is 0. The van der Waals surface area contributed by atoms with Crippen LogP contribution in [0.15, 0.2) is 47.6 Å². The molecular weight excluding hydrogens is 397 g/mol. The lowest BCUT2D eigenvalue weighted by Crippen LogP contribution is -2.46. The highest BCUT2D eigenvalue weighted by Gasteiger charge is 2.23. The topological polar surface area (TPSA) is 78.9 Å². The van der Waals surface area contributed by atoms with Crippen molar-refractivity contribution in [1.82, 2.24) is 20.5 Å². The Balaban J connectivity index is 1.66. The van der Waals surface area contributed by atoms with E-state index in [0.29, 0.717) is 30.5 Å². The van der Waals surface area contributed by atoms with Gasteiger partial charge in [-0.3, -0.25) is 4.79 Å². The van der Waals surface area contributed by atoms with Gasteiger partial charge in [0.1, 0.15) is 11.6 Å². The number of likely N-dealkylation sites (tertiary alicyclic amines) is 1. The number of pyridine rings is 1. The van der Waals surface area contributed by atoms with Gasteiger partial charge in [0.25, 0.3) is 0 Å². The van der Waals surface area contributed by atoms with E-state index in [1.165, 1.54) is 12.1 Å². The van der Waals surface area contributed by atoms with Crippen LogP contribution < -0.4 is 15.4 Å². The maximum atomic E-state index is 13.5. The molecule has 2 heterocycles. The maximum absolute atomic E-state index is 13.5. The second kappa shape index (κ2) is 11.3. The number of nitrogens with one attached hydrogen (secondary N) is 2. The second-order valence-corrected chi connectivity index (χ2v) is 7.51. The smallest absolute Gasteiger partial charge is 0.224 e. The number of rotatable bonds is 7. The van der Waals surface area contributed by atoms with E-state index in [0.717, 1.165) is 44.0 Å². The highest BCUT2D eigenvalue weighted by atomic mass is 19.1. The molecule has 0 saturated carbocycles. The summed E-state index contributed by atoms with van der Waals surface area (Å²) in [4.78, 5) is 23.0. The number of hydrogen-bond donors (Lipinski definition) is 2. The molecule has 1 fully saturated rings. The first-order valence-corrected chi connectivity index (χ1v) is 10.7. The predicted molar refractivity (Wildman–Crippen MR) is 119 cm³/mol. The van der Waals surface area contributed by atoms with Crippen LogP contribution in [0.2, 0.25) is 0 Å². The van der Waals surface area contributed by atoms with E-state index in [2.05, 4.69) is 20.5 Å². The van der Waals surface area contributed by atoms with Crippen molar-refractivity contribution in [3.8, 4) is 11.6 Å².